The van der Waals surface area contributed by atoms with E-state index in [-0.39, 0.29) is 22.9 Å². The summed E-state index contributed by atoms with van der Waals surface area (Å²) in [5, 5.41) is 9.58. The number of nitrogens with zero attached hydrogens (tertiary/aromatic N) is 2. The fraction of sp³-hybridized carbons (Fsp3) is 0.344. The zero-order valence-corrected chi connectivity index (χ0v) is 27.7. The maximum Gasteiger partial charge on any atom is 0.341 e. The predicted molar refractivity (Wildman–Crippen MR) is 174 cm³/mol. The number of nitrogens with one attached hydrogen (secondary N) is 1. The van der Waals surface area contributed by atoms with Crippen molar-refractivity contribution >= 4 is 51.0 Å². The molecule has 3 aromatic rings. The summed E-state index contributed by atoms with van der Waals surface area (Å²) in [6.45, 7) is -0.719. The van der Waals surface area contributed by atoms with Gasteiger partial charge in [0.25, 0.3) is 11.8 Å². The largest absolute Gasteiger partial charge is 0.482 e. The molecule has 4 atom stereocenters. The molecule has 3 aromatic carbocycles. The molecule has 0 bridgehead atoms. The van der Waals surface area contributed by atoms with Gasteiger partial charge >= 0.3 is 5.97 Å². The molecular formula is C32H34Cl2N4O8S. The quantitative estimate of drug-likeness (QED) is 0.193. The molecule has 1 fully saturated rings. The van der Waals surface area contributed by atoms with Crippen molar-refractivity contribution in [2.45, 2.75) is 56.3 Å². The average molecular weight is 706 g/mol. The van der Waals surface area contributed by atoms with Gasteiger partial charge in [-0.3, -0.25) is 20.3 Å². The number of halogens is 2. The van der Waals surface area contributed by atoms with E-state index in [1.54, 1.807) is 65.6 Å². The van der Waals surface area contributed by atoms with E-state index in [2.05, 4.69) is 5.48 Å². The minimum Gasteiger partial charge on any atom is -0.482 e. The lowest BCUT2D eigenvalue weighted by Gasteiger charge is -2.50. The number of para-hydroxylation sites is 1. The number of aliphatic carboxylic acids is 1. The van der Waals surface area contributed by atoms with Crippen LogP contribution in [-0.2, 0) is 31.1 Å². The number of fused-ring (bicyclic) bond motifs is 1. The number of carbonyl (C=O) groups excluding carboxylic acids is 2. The number of hydroxylamine groups is 1. The number of hydrazine groups is 1. The molecule has 1 heterocycles. The van der Waals surface area contributed by atoms with Gasteiger partial charge in [-0.25, -0.2) is 18.7 Å². The van der Waals surface area contributed by atoms with Crippen LogP contribution in [0, 0.1) is 0 Å². The number of benzene rings is 3. The van der Waals surface area contributed by atoms with Crippen LogP contribution < -0.4 is 16.1 Å². The summed E-state index contributed by atoms with van der Waals surface area (Å²) in [5.74, 6) is 3.25. The van der Waals surface area contributed by atoms with Gasteiger partial charge in [0.1, 0.15) is 12.4 Å². The molecule has 1 aliphatic carbocycles. The Labute approximate surface area is 282 Å². The van der Waals surface area contributed by atoms with Crippen molar-refractivity contribution in [3.8, 4) is 5.75 Å². The summed E-state index contributed by atoms with van der Waals surface area (Å²) in [5.41, 5.74) is 4.13. The molecular weight excluding hydrogens is 671 g/mol. The van der Waals surface area contributed by atoms with E-state index in [4.69, 9.17) is 43.7 Å². The Hall–Kier alpha value is -3.72. The van der Waals surface area contributed by atoms with Gasteiger partial charge in [0, 0.05) is 21.2 Å². The normalized spacial score (nSPS) is 21.3. The summed E-state index contributed by atoms with van der Waals surface area (Å²) in [4.78, 5) is 46.9. The number of sulfonamides is 1. The van der Waals surface area contributed by atoms with E-state index < -0.39 is 58.5 Å². The second-order valence-electron chi connectivity index (χ2n) is 11.4. The molecule has 15 heteroatoms. The van der Waals surface area contributed by atoms with Gasteiger partial charge in [-0.1, -0.05) is 78.5 Å². The molecule has 12 nitrogen and oxygen atoms in total. The maximum atomic E-state index is 14.4. The molecule has 1 saturated carbocycles. The van der Waals surface area contributed by atoms with Crippen LogP contribution in [0.1, 0.15) is 64.7 Å². The first-order valence-electron chi connectivity index (χ1n) is 14.8. The van der Waals surface area contributed by atoms with Gasteiger partial charge in [-0.05, 0) is 48.2 Å². The summed E-state index contributed by atoms with van der Waals surface area (Å²) >= 11 is 13.0. The van der Waals surface area contributed by atoms with Crippen LogP contribution in [0.25, 0.3) is 0 Å². The van der Waals surface area contributed by atoms with Crippen LogP contribution in [-0.4, -0.2) is 65.6 Å². The van der Waals surface area contributed by atoms with Crippen LogP contribution in [0.3, 0.4) is 0 Å². The molecule has 4 N–H and O–H groups in total. The van der Waals surface area contributed by atoms with Crippen molar-refractivity contribution in [3.63, 3.8) is 0 Å². The van der Waals surface area contributed by atoms with Crippen molar-refractivity contribution in [2.75, 3.05) is 12.9 Å². The van der Waals surface area contributed by atoms with E-state index in [1.807, 2.05) is 0 Å². The van der Waals surface area contributed by atoms with Crippen LogP contribution >= 0.6 is 23.2 Å². The Morgan fingerprint density at radius 3 is 2.47 bits per heavy atom. The van der Waals surface area contributed by atoms with Gasteiger partial charge in [-0.15, -0.1) is 4.41 Å². The Morgan fingerprint density at radius 2 is 1.74 bits per heavy atom. The molecule has 2 aliphatic rings. The molecule has 2 amide bonds. The molecule has 47 heavy (non-hydrogen) atoms. The Morgan fingerprint density at radius 1 is 1.04 bits per heavy atom. The summed E-state index contributed by atoms with van der Waals surface area (Å²) in [6, 6.07) is 15.7. The molecule has 0 radical (unpaired) electrons. The summed E-state index contributed by atoms with van der Waals surface area (Å²) < 4.78 is 31.4. The SMILES string of the molecule is CS(=O)(=O)N(N)[C@H]1CCCC[C@@H]1N1C(=O)c2ccccc2[C@@H](C(=O)NOCc2ccccc2OCC(=O)O)[C@@H]1c1ccc(Cl)cc1Cl. The molecule has 0 aromatic heterocycles. The van der Waals surface area contributed by atoms with E-state index in [9.17, 15) is 22.8 Å². The van der Waals surface area contributed by atoms with E-state index in [0.717, 1.165) is 10.7 Å². The van der Waals surface area contributed by atoms with Gasteiger partial charge < -0.3 is 14.7 Å². The number of carboxylic acids is 1. The van der Waals surface area contributed by atoms with Crippen molar-refractivity contribution in [1.29, 1.82) is 0 Å². The lowest BCUT2D eigenvalue weighted by atomic mass is 9.76. The minimum atomic E-state index is -3.84. The van der Waals surface area contributed by atoms with E-state index in [1.165, 1.54) is 6.07 Å². The minimum absolute atomic E-state index is 0.161. The predicted octanol–water partition coefficient (Wildman–Crippen LogP) is 4.43. The number of ether oxygens (including phenoxy) is 1. The number of nitrogens with two attached hydrogens (primary N) is 1. The third-order valence-corrected chi connectivity index (χ3v) is 10.0. The van der Waals surface area contributed by atoms with Crippen molar-refractivity contribution in [2.24, 2.45) is 5.84 Å². The maximum absolute atomic E-state index is 14.4. The molecule has 250 valence electrons. The third kappa shape index (κ3) is 7.56. The highest BCUT2D eigenvalue weighted by Gasteiger charge is 2.50. The van der Waals surface area contributed by atoms with Crippen molar-refractivity contribution in [1.82, 2.24) is 14.8 Å². The monoisotopic (exact) mass is 704 g/mol. The molecule has 0 unspecified atom stereocenters. The summed E-state index contributed by atoms with van der Waals surface area (Å²) in [6.07, 6.45) is 3.25. The Kier molecular flexibility index (Phi) is 10.7. The molecule has 0 spiro atoms. The number of amides is 2. The van der Waals surface area contributed by atoms with Crippen LogP contribution in [0.4, 0.5) is 0 Å². The Balaban J connectivity index is 1.56. The zero-order valence-electron chi connectivity index (χ0n) is 25.3. The lowest BCUT2D eigenvalue weighted by Crippen LogP contribution is -2.61. The fourth-order valence-corrected chi connectivity index (χ4v) is 7.64. The first kappa shape index (κ1) is 34.6. The van der Waals surface area contributed by atoms with Crippen LogP contribution in [0.5, 0.6) is 5.75 Å². The van der Waals surface area contributed by atoms with Crippen molar-refractivity contribution < 1.29 is 37.5 Å². The number of hydrogen-bond donors (Lipinski definition) is 3. The van der Waals surface area contributed by atoms with E-state index in [0.29, 0.717) is 47.4 Å². The number of hydrogen-bond acceptors (Lipinski definition) is 8. The number of rotatable bonds is 11. The first-order chi connectivity index (χ1) is 22.4. The number of carbonyl (C=O) groups is 3. The van der Waals surface area contributed by atoms with Crippen LogP contribution in [0.15, 0.2) is 66.7 Å². The average Bonchev–Trinajstić information content (AvgIpc) is 3.03. The molecule has 5 rings (SSSR count). The summed E-state index contributed by atoms with van der Waals surface area (Å²) in [7, 11) is -3.84. The van der Waals surface area contributed by atoms with Gasteiger partial charge in [0.05, 0.1) is 30.3 Å². The van der Waals surface area contributed by atoms with Gasteiger partial charge in [0.15, 0.2) is 6.61 Å². The molecule has 0 saturated heterocycles. The van der Waals surface area contributed by atoms with Crippen molar-refractivity contribution in [3.05, 3.63) is 99.0 Å². The smallest absolute Gasteiger partial charge is 0.341 e. The second-order valence-corrected chi connectivity index (χ2v) is 14.2. The topological polar surface area (TPSA) is 169 Å². The second kappa shape index (κ2) is 14.6. The highest BCUT2D eigenvalue weighted by atomic mass is 35.5. The molecule has 1 aliphatic heterocycles. The van der Waals surface area contributed by atoms with Gasteiger partial charge in [-0.2, -0.15) is 0 Å². The highest BCUT2D eigenvalue weighted by Crippen LogP contribution is 2.48. The lowest BCUT2D eigenvalue weighted by molar-refractivity contribution is -0.139. The standard InChI is InChI=1S/C32H34Cl2N4O8S/c1-47(43,44)38(35)26-12-6-5-11-25(26)37-30(23-15-14-20(33)16-24(23)34)29(21-9-3-4-10-22(21)32(37)42)31(41)36-46-17-19-8-2-7-13-27(19)45-18-28(39)40/h2-4,7-10,13-16,25-26,29-30H,5-6,11-12,17-18,35H2,1H3,(H,36,41)(H,39,40)/t25-,26-,29+,30-/m0/s1. The van der Waals surface area contributed by atoms with E-state index >= 15 is 0 Å². The van der Waals surface area contributed by atoms with Gasteiger partial charge in [0.2, 0.25) is 10.0 Å². The first-order valence-corrected chi connectivity index (χ1v) is 17.4. The Bertz CT molecular complexity index is 1780. The van der Waals surface area contributed by atoms with Crippen LogP contribution in [0.2, 0.25) is 10.0 Å². The third-order valence-electron chi connectivity index (χ3n) is 8.43. The zero-order chi connectivity index (χ0) is 33.9. The highest BCUT2D eigenvalue weighted by molar-refractivity contribution is 7.88. The number of carboxylic acid groups (broad SMARTS) is 1. The fourth-order valence-electron chi connectivity index (χ4n) is 6.38.